The number of methoxy groups -OCH3 is 1. The fourth-order valence-electron chi connectivity index (χ4n) is 3.45. The number of pyridine rings is 1. The molecular weight excluding hydrogens is 396 g/mol. The van der Waals surface area contributed by atoms with Crippen molar-refractivity contribution >= 4 is 34.0 Å². The third-order valence-corrected chi connectivity index (χ3v) is 5.12. The minimum atomic E-state index is -2.85. The molecule has 0 unspecified atom stereocenters. The maximum atomic E-state index is 13.9. The summed E-state index contributed by atoms with van der Waals surface area (Å²) in [6.07, 6.45) is -2.85. The van der Waals surface area contributed by atoms with Crippen LogP contribution in [0.4, 0.5) is 8.78 Å². The topological polar surface area (TPSA) is 59.9 Å². The average molecular weight is 413 g/mol. The Balaban J connectivity index is 2.11. The highest BCUT2D eigenvalue weighted by Gasteiger charge is 2.21. The SMILES string of the molecule is COCCn1c(=S)[nH]c(=O)c2c(C(F)F)cc(-c3cccc4ccccc34)nc21. The number of aromatic nitrogens is 3. The van der Waals surface area contributed by atoms with E-state index in [1.807, 2.05) is 42.5 Å². The van der Waals surface area contributed by atoms with Crippen molar-refractivity contribution in [3.63, 3.8) is 0 Å². The lowest BCUT2D eigenvalue weighted by molar-refractivity contribution is 0.153. The molecule has 4 rings (SSSR count). The van der Waals surface area contributed by atoms with E-state index < -0.39 is 12.0 Å². The van der Waals surface area contributed by atoms with Crippen molar-refractivity contribution in [3.05, 3.63) is 69.2 Å². The maximum absolute atomic E-state index is 13.9. The molecule has 0 amide bonds. The molecule has 8 heteroatoms. The van der Waals surface area contributed by atoms with Crippen molar-refractivity contribution in [3.8, 4) is 11.3 Å². The fraction of sp³-hybridized carbons (Fsp3) is 0.190. The molecular formula is C21H17F2N3O2S. The second-order valence-corrected chi connectivity index (χ2v) is 6.91. The normalized spacial score (nSPS) is 11.6. The van der Waals surface area contributed by atoms with Crippen molar-refractivity contribution in [2.24, 2.45) is 0 Å². The van der Waals surface area contributed by atoms with E-state index in [4.69, 9.17) is 17.0 Å². The second kappa shape index (κ2) is 7.81. The highest BCUT2D eigenvalue weighted by molar-refractivity contribution is 7.71. The van der Waals surface area contributed by atoms with Gasteiger partial charge in [0.1, 0.15) is 5.65 Å². The van der Waals surface area contributed by atoms with E-state index in [9.17, 15) is 13.6 Å². The van der Waals surface area contributed by atoms with Crippen LogP contribution in [0.2, 0.25) is 0 Å². The van der Waals surface area contributed by atoms with Crippen LogP contribution in [0.5, 0.6) is 0 Å². The number of aromatic amines is 1. The van der Waals surface area contributed by atoms with Gasteiger partial charge in [-0.15, -0.1) is 0 Å². The van der Waals surface area contributed by atoms with Gasteiger partial charge < -0.3 is 9.30 Å². The molecule has 0 spiro atoms. The van der Waals surface area contributed by atoms with Crippen molar-refractivity contribution in [1.82, 2.24) is 14.5 Å². The first kappa shape index (κ1) is 19.4. The predicted molar refractivity (Wildman–Crippen MR) is 111 cm³/mol. The Morgan fingerprint density at radius 2 is 1.97 bits per heavy atom. The van der Waals surface area contributed by atoms with Crippen molar-refractivity contribution in [2.45, 2.75) is 13.0 Å². The summed E-state index contributed by atoms with van der Waals surface area (Å²) in [5.41, 5.74) is 0.134. The first-order chi connectivity index (χ1) is 14.0. The largest absolute Gasteiger partial charge is 0.383 e. The number of fused-ring (bicyclic) bond motifs is 2. The number of alkyl halides is 2. The molecule has 29 heavy (non-hydrogen) atoms. The van der Waals surface area contributed by atoms with Crippen LogP contribution in [0, 0.1) is 4.77 Å². The molecule has 0 fully saturated rings. The smallest absolute Gasteiger partial charge is 0.264 e. The predicted octanol–water partition coefficient (Wildman–Crippen LogP) is 4.86. The van der Waals surface area contributed by atoms with E-state index in [0.29, 0.717) is 17.9 Å². The summed E-state index contributed by atoms with van der Waals surface area (Å²) in [5, 5.41) is 1.69. The van der Waals surface area contributed by atoms with Crippen LogP contribution in [0.15, 0.2) is 53.3 Å². The molecule has 2 aromatic heterocycles. The standard InChI is InChI=1S/C21H17F2N3O2S/c1-28-10-9-26-19-17(20(27)25-21(26)29)15(18(22)23)11-16(24-19)14-8-4-6-12-5-2-3-7-13(12)14/h2-8,11,18H,9-10H2,1H3,(H,25,27,29). The van der Waals surface area contributed by atoms with Gasteiger partial charge in [0.05, 0.1) is 24.2 Å². The number of hydrogen-bond donors (Lipinski definition) is 1. The Hall–Kier alpha value is -2.97. The van der Waals surface area contributed by atoms with Crippen LogP contribution in [0.25, 0.3) is 33.1 Å². The molecule has 0 atom stereocenters. The van der Waals surface area contributed by atoms with E-state index in [-0.39, 0.29) is 27.9 Å². The average Bonchev–Trinajstić information content (AvgIpc) is 2.72. The maximum Gasteiger partial charge on any atom is 0.264 e. The van der Waals surface area contributed by atoms with Crippen molar-refractivity contribution in [1.29, 1.82) is 0 Å². The summed E-state index contributed by atoms with van der Waals surface area (Å²) >= 11 is 5.25. The van der Waals surface area contributed by atoms with Crippen molar-refractivity contribution in [2.75, 3.05) is 13.7 Å². The number of ether oxygens (including phenoxy) is 1. The van der Waals surface area contributed by atoms with E-state index in [1.54, 1.807) is 0 Å². The first-order valence-electron chi connectivity index (χ1n) is 8.94. The summed E-state index contributed by atoms with van der Waals surface area (Å²) < 4.78 is 34.6. The lowest BCUT2D eigenvalue weighted by atomic mass is 10.00. The highest BCUT2D eigenvalue weighted by Crippen LogP contribution is 2.33. The molecule has 0 aliphatic rings. The zero-order valence-electron chi connectivity index (χ0n) is 15.5. The van der Waals surface area contributed by atoms with E-state index >= 15 is 0 Å². The number of H-pyrrole nitrogens is 1. The molecule has 1 N–H and O–H groups in total. The summed E-state index contributed by atoms with van der Waals surface area (Å²) in [6.45, 7) is 0.566. The molecule has 0 bridgehead atoms. The Bertz CT molecular complexity index is 1330. The van der Waals surface area contributed by atoms with Gasteiger partial charge in [-0.25, -0.2) is 13.8 Å². The minimum absolute atomic E-state index is 0.113. The number of hydrogen-bond acceptors (Lipinski definition) is 4. The fourth-order valence-corrected chi connectivity index (χ4v) is 3.72. The first-order valence-corrected chi connectivity index (χ1v) is 9.35. The van der Waals surface area contributed by atoms with Gasteiger partial charge in [-0.05, 0) is 29.1 Å². The molecule has 2 heterocycles. The Labute approximate surface area is 169 Å². The van der Waals surface area contributed by atoms with Gasteiger partial charge in [0.25, 0.3) is 12.0 Å². The quantitative estimate of drug-likeness (QED) is 0.475. The Morgan fingerprint density at radius 1 is 1.21 bits per heavy atom. The summed E-state index contributed by atoms with van der Waals surface area (Å²) in [5.74, 6) is 0. The molecule has 5 nitrogen and oxygen atoms in total. The summed E-state index contributed by atoms with van der Waals surface area (Å²) in [6, 6.07) is 14.5. The van der Waals surface area contributed by atoms with Crippen molar-refractivity contribution < 1.29 is 13.5 Å². The molecule has 0 aliphatic carbocycles. The third-order valence-electron chi connectivity index (χ3n) is 4.80. The highest BCUT2D eigenvalue weighted by atomic mass is 32.1. The minimum Gasteiger partial charge on any atom is -0.383 e. The third kappa shape index (κ3) is 3.45. The van der Waals surface area contributed by atoms with Gasteiger partial charge in [-0.3, -0.25) is 9.78 Å². The van der Waals surface area contributed by atoms with E-state index in [2.05, 4.69) is 9.97 Å². The zero-order chi connectivity index (χ0) is 20.5. The summed E-state index contributed by atoms with van der Waals surface area (Å²) in [4.78, 5) is 19.5. The lowest BCUT2D eigenvalue weighted by Crippen LogP contribution is -2.19. The van der Waals surface area contributed by atoms with Gasteiger partial charge in [-0.2, -0.15) is 0 Å². The molecule has 2 aromatic carbocycles. The van der Waals surface area contributed by atoms with E-state index in [0.717, 1.165) is 10.8 Å². The van der Waals surface area contributed by atoms with Crippen LogP contribution in [-0.4, -0.2) is 28.3 Å². The number of halogens is 2. The second-order valence-electron chi connectivity index (χ2n) is 6.53. The van der Waals surface area contributed by atoms with Crippen LogP contribution >= 0.6 is 12.2 Å². The van der Waals surface area contributed by atoms with Crippen LogP contribution in [0.1, 0.15) is 12.0 Å². The lowest BCUT2D eigenvalue weighted by Gasteiger charge is -2.15. The number of rotatable bonds is 5. The molecule has 0 saturated carbocycles. The number of benzene rings is 2. The molecule has 0 radical (unpaired) electrons. The van der Waals surface area contributed by atoms with Gasteiger partial charge in [0.15, 0.2) is 4.77 Å². The Kier molecular flexibility index (Phi) is 5.21. The monoisotopic (exact) mass is 413 g/mol. The number of nitrogens with one attached hydrogen (secondary N) is 1. The van der Waals surface area contributed by atoms with Crippen LogP contribution in [0.3, 0.4) is 0 Å². The van der Waals surface area contributed by atoms with Gasteiger partial charge in [0, 0.05) is 18.2 Å². The van der Waals surface area contributed by atoms with Gasteiger partial charge in [0.2, 0.25) is 0 Å². The molecule has 0 saturated heterocycles. The molecule has 4 aromatic rings. The zero-order valence-corrected chi connectivity index (χ0v) is 16.3. The van der Waals surface area contributed by atoms with E-state index in [1.165, 1.54) is 17.7 Å². The van der Waals surface area contributed by atoms with Crippen LogP contribution in [-0.2, 0) is 11.3 Å². The van der Waals surface area contributed by atoms with Crippen LogP contribution < -0.4 is 5.56 Å². The summed E-state index contributed by atoms with van der Waals surface area (Å²) in [7, 11) is 1.52. The van der Waals surface area contributed by atoms with Gasteiger partial charge in [-0.1, -0.05) is 42.5 Å². The van der Waals surface area contributed by atoms with Gasteiger partial charge >= 0.3 is 0 Å². The molecule has 0 aliphatic heterocycles. The Morgan fingerprint density at radius 3 is 2.72 bits per heavy atom. The number of nitrogens with zero attached hydrogens (tertiary/aromatic N) is 2. The molecule has 148 valence electrons.